The summed E-state index contributed by atoms with van der Waals surface area (Å²) in [6.45, 7) is 2.18. The van der Waals surface area contributed by atoms with Crippen LogP contribution in [0.4, 0.5) is 5.82 Å². The Hall–Kier alpha value is -1.10. The fourth-order valence-corrected chi connectivity index (χ4v) is 2.58. The van der Waals surface area contributed by atoms with Crippen molar-refractivity contribution in [2.75, 3.05) is 5.32 Å². The lowest BCUT2D eigenvalue weighted by Crippen LogP contribution is -2.24. The number of rotatable bonds is 3. The lowest BCUT2D eigenvalue weighted by Gasteiger charge is -2.19. The lowest BCUT2D eigenvalue weighted by atomic mass is 10.1. The maximum absolute atomic E-state index is 11.1. The van der Waals surface area contributed by atoms with Crippen LogP contribution in [-0.4, -0.2) is 22.1 Å². The molecule has 2 unspecified atom stereocenters. The van der Waals surface area contributed by atoms with Crippen LogP contribution in [0, 0.1) is 5.92 Å². The second kappa shape index (κ2) is 5.04. The molecule has 5 heteroatoms. The largest absolute Gasteiger partial charge is 0.478 e. The van der Waals surface area contributed by atoms with Crippen LogP contribution in [0.3, 0.4) is 0 Å². The average Bonchev–Trinajstić information content (AvgIpc) is 2.67. The predicted octanol–water partition coefficient (Wildman–Crippen LogP) is 3.14. The highest BCUT2D eigenvalue weighted by molar-refractivity contribution is 9.10. The Morgan fingerprint density at radius 2 is 2.35 bits per heavy atom. The maximum atomic E-state index is 11.1. The molecule has 2 atom stereocenters. The zero-order valence-corrected chi connectivity index (χ0v) is 11.2. The molecule has 2 N–H and O–H groups in total. The quantitative estimate of drug-likeness (QED) is 0.900. The third kappa shape index (κ3) is 2.77. The summed E-state index contributed by atoms with van der Waals surface area (Å²) in [7, 11) is 0. The van der Waals surface area contributed by atoms with E-state index in [-0.39, 0.29) is 5.56 Å². The topological polar surface area (TPSA) is 62.2 Å². The van der Waals surface area contributed by atoms with E-state index in [9.17, 15) is 4.79 Å². The molecule has 0 aromatic carbocycles. The summed E-state index contributed by atoms with van der Waals surface area (Å²) in [6.07, 6.45) is 5.08. The van der Waals surface area contributed by atoms with Gasteiger partial charge in [0.15, 0.2) is 0 Å². The van der Waals surface area contributed by atoms with Gasteiger partial charge < -0.3 is 10.4 Å². The minimum absolute atomic E-state index is 0.221. The number of hydrogen-bond acceptors (Lipinski definition) is 3. The summed E-state index contributed by atoms with van der Waals surface area (Å²) in [5.41, 5.74) is 0.221. The summed E-state index contributed by atoms with van der Waals surface area (Å²) < 4.78 is 0.680. The SMILES string of the molecule is CC1CCCC1Nc1ncc(Br)cc1C(=O)O. The van der Waals surface area contributed by atoms with Crippen molar-refractivity contribution in [3.05, 3.63) is 22.3 Å². The number of pyridine rings is 1. The monoisotopic (exact) mass is 298 g/mol. The van der Waals surface area contributed by atoms with Crippen LogP contribution in [0.25, 0.3) is 0 Å². The molecule has 1 fully saturated rings. The van der Waals surface area contributed by atoms with E-state index in [1.807, 2.05) is 0 Å². The van der Waals surface area contributed by atoms with E-state index in [1.165, 1.54) is 12.8 Å². The molecule has 0 saturated heterocycles. The average molecular weight is 299 g/mol. The molecule has 1 aromatic heterocycles. The number of nitrogens with one attached hydrogen (secondary N) is 1. The fraction of sp³-hybridized carbons (Fsp3) is 0.500. The van der Waals surface area contributed by atoms with Crippen molar-refractivity contribution in [1.82, 2.24) is 4.98 Å². The van der Waals surface area contributed by atoms with Gasteiger partial charge in [-0.05, 0) is 40.8 Å². The van der Waals surface area contributed by atoms with Gasteiger partial charge >= 0.3 is 5.97 Å². The number of hydrogen-bond donors (Lipinski definition) is 2. The first kappa shape index (κ1) is 12.4. The molecule has 1 aromatic rings. The Balaban J connectivity index is 2.22. The number of carboxylic acid groups (broad SMARTS) is 1. The highest BCUT2D eigenvalue weighted by Gasteiger charge is 2.25. The normalized spacial score (nSPS) is 23.6. The molecule has 17 heavy (non-hydrogen) atoms. The molecule has 1 saturated carbocycles. The molecular formula is C12H15BrN2O2. The number of carbonyl (C=O) groups is 1. The van der Waals surface area contributed by atoms with Crippen molar-refractivity contribution in [3.63, 3.8) is 0 Å². The summed E-state index contributed by atoms with van der Waals surface area (Å²) in [5.74, 6) is 0.0912. The van der Waals surface area contributed by atoms with Crippen molar-refractivity contribution in [2.45, 2.75) is 32.2 Å². The Morgan fingerprint density at radius 3 is 2.94 bits per heavy atom. The summed E-state index contributed by atoms with van der Waals surface area (Å²) >= 11 is 3.24. The van der Waals surface area contributed by atoms with Crippen LogP contribution in [0.15, 0.2) is 16.7 Å². The van der Waals surface area contributed by atoms with E-state index in [1.54, 1.807) is 12.3 Å². The summed E-state index contributed by atoms with van der Waals surface area (Å²) in [4.78, 5) is 15.3. The molecule has 0 bridgehead atoms. The van der Waals surface area contributed by atoms with Crippen LogP contribution in [0.5, 0.6) is 0 Å². The Morgan fingerprint density at radius 1 is 1.59 bits per heavy atom. The van der Waals surface area contributed by atoms with Crippen LogP contribution in [0.1, 0.15) is 36.5 Å². The molecule has 0 amide bonds. The van der Waals surface area contributed by atoms with E-state index in [2.05, 4.69) is 33.2 Å². The minimum Gasteiger partial charge on any atom is -0.478 e. The van der Waals surface area contributed by atoms with E-state index < -0.39 is 5.97 Å². The zero-order chi connectivity index (χ0) is 12.4. The van der Waals surface area contributed by atoms with Crippen molar-refractivity contribution in [3.8, 4) is 0 Å². The molecular weight excluding hydrogens is 284 g/mol. The smallest absolute Gasteiger partial charge is 0.339 e. The number of halogens is 1. The van der Waals surface area contributed by atoms with Crippen molar-refractivity contribution in [1.29, 1.82) is 0 Å². The molecule has 1 aliphatic rings. The van der Waals surface area contributed by atoms with Crippen molar-refractivity contribution < 1.29 is 9.90 Å². The number of nitrogens with zero attached hydrogens (tertiary/aromatic N) is 1. The first-order chi connectivity index (χ1) is 8.08. The van der Waals surface area contributed by atoms with Gasteiger partial charge in [0.1, 0.15) is 11.4 Å². The molecule has 1 aliphatic carbocycles. The van der Waals surface area contributed by atoms with Gasteiger partial charge in [-0.25, -0.2) is 9.78 Å². The first-order valence-corrected chi connectivity index (χ1v) is 6.52. The Kier molecular flexibility index (Phi) is 3.66. The maximum Gasteiger partial charge on any atom is 0.339 e. The standard InChI is InChI=1S/C12H15BrN2O2/c1-7-3-2-4-10(7)15-11-9(12(16)17)5-8(13)6-14-11/h5-7,10H,2-4H2,1H3,(H,14,15)(H,16,17). The van der Waals surface area contributed by atoms with Crippen LogP contribution in [0.2, 0.25) is 0 Å². The predicted molar refractivity (Wildman–Crippen MR) is 69.3 cm³/mol. The fourth-order valence-electron chi connectivity index (χ4n) is 2.25. The number of anilines is 1. The molecule has 4 nitrogen and oxygen atoms in total. The van der Waals surface area contributed by atoms with Crippen LogP contribution < -0.4 is 5.32 Å². The van der Waals surface area contributed by atoms with Gasteiger partial charge in [-0.3, -0.25) is 0 Å². The highest BCUT2D eigenvalue weighted by atomic mass is 79.9. The molecule has 2 rings (SSSR count). The van der Waals surface area contributed by atoms with E-state index >= 15 is 0 Å². The second-order valence-corrected chi connectivity index (χ2v) is 5.43. The van der Waals surface area contributed by atoms with Crippen molar-refractivity contribution >= 4 is 27.7 Å². The van der Waals surface area contributed by atoms with Gasteiger partial charge in [0.05, 0.1) is 0 Å². The van der Waals surface area contributed by atoms with Gasteiger partial charge in [0, 0.05) is 16.7 Å². The van der Waals surface area contributed by atoms with Gasteiger partial charge in [-0.2, -0.15) is 0 Å². The molecule has 92 valence electrons. The van der Waals surface area contributed by atoms with Gasteiger partial charge in [0.2, 0.25) is 0 Å². The summed E-state index contributed by atoms with van der Waals surface area (Å²) in [5, 5.41) is 12.4. The van der Waals surface area contributed by atoms with E-state index in [0.717, 1.165) is 6.42 Å². The lowest BCUT2D eigenvalue weighted by molar-refractivity contribution is 0.0697. The Bertz CT molecular complexity index is 437. The summed E-state index contributed by atoms with van der Waals surface area (Å²) in [6, 6.07) is 1.92. The highest BCUT2D eigenvalue weighted by Crippen LogP contribution is 2.29. The number of carboxylic acids is 1. The molecule has 0 aliphatic heterocycles. The third-order valence-electron chi connectivity index (χ3n) is 3.27. The van der Waals surface area contributed by atoms with Crippen LogP contribution >= 0.6 is 15.9 Å². The minimum atomic E-state index is -0.952. The van der Waals surface area contributed by atoms with Gasteiger partial charge in [0.25, 0.3) is 0 Å². The molecule has 0 spiro atoms. The third-order valence-corrected chi connectivity index (χ3v) is 3.70. The second-order valence-electron chi connectivity index (χ2n) is 4.51. The number of aromatic nitrogens is 1. The van der Waals surface area contributed by atoms with Gasteiger partial charge in [-0.1, -0.05) is 13.3 Å². The molecule has 0 radical (unpaired) electrons. The van der Waals surface area contributed by atoms with Gasteiger partial charge in [-0.15, -0.1) is 0 Å². The molecule has 1 heterocycles. The first-order valence-electron chi connectivity index (χ1n) is 5.73. The Labute approximate surface area is 109 Å². The van der Waals surface area contributed by atoms with Crippen LogP contribution in [-0.2, 0) is 0 Å². The van der Waals surface area contributed by atoms with E-state index in [0.29, 0.717) is 22.3 Å². The van der Waals surface area contributed by atoms with Crippen molar-refractivity contribution in [2.24, 2.45) is 5.92 Å². The van der Waals surface area contributed by atoms with E-state index in [4.69, 9.17) is 5.11 Å². The zero-order valence-electron chi connectivity index (χ0n) is 9.61. The number of aromatic carboxylic acids is 1.